The normalized spacial score (nSPS) is 22.7. The summed E-state index contributed by atoms with van der Waals surface area (Å²) in [5.74, 6) is 0.317. The van der Waals surface area contributed by atoms with E-state index in [0.29, 0.717) is 25.1 Å². The van der Waals surface area contributed by atoms with Gasteiger partial charge in [-0.3, -0.25) is 9.69 Å². The first-order valence-corrected chi connectivity index (χ1v) is 10.4. The van der Waals surface area contributed by atoms with E-state index in [1.807, 2.05) is 0 Å². The molecule has 0 aliphatic carbocycles. The average Bonchev–Trinajstić information content (AvgIpc) is 2.70. The molecule has 5 heteroatoms. The lowest BCUT2D eigenvalue weighted by atomic mass is 9.97. The number of hydrogen-bond donors (Lipinski definition) is 0. The van der Waals surface area contributed by atoms with Gasteiger partial charge in [0.05, 0.1) is 12.6 Å². The van der Waals surface area contributed by atoms with Gasteiger partial charge in [0.1, 0.15) is 0 Å². The van der Waals surface area contributed by atoms with E-state index in [0.717, 1.165) is 51.9 Å². The fourth-order valence-electron chi connectivity index (χ4n) is 4.44. The molecule has 150 valence electrons. The van der Waals surface area contributed by atoms with Crippen LogP contribution in [0.3, 0.4) is 0 Å². The summed E-state index contributed by atoms with van der Waals surface area (Å²) in [5, 5.41) is 0. The van der Waals surface area contributed by atoms with Gasteiger partial charge in [0.2, 0.25) is 5.91 Å². The Morgan fingerprint density at radius 1 is 1.11 bits per heavy atom. The number of amides is 1. The Hall–Kier alpha value is -1.43. The van der Waals surface area contributed by atoms with Crippen molar-refractivity contribution >= 4 is 5.91 Å². The molecule has 27 heavy (non-hydrogen) atoms. The van der Waals surface area contributed by atoms with Crippen LogP contribution in [0.4, 0.5) is 0 Å². The molecule has 1 unspecified atom stereocenters. The van der Waals surface area contributed by atoms with Gasteiger partial charge in [0.25, 0.3) is 0 Å². The second kappa shape index (κ2) is 10.2. The van der Waals surface area contributed by atoms with Crippen LogP contribution in [0.5, 0.6) is 0 Å². The molecule has 2 fully saturated rings. The Balaban J connectivity index is 1.71. The highest BCUT2D eigenvalue weighted by molar-refractivity contribution is 5.82. The minimum atomic E-state index is 0.00969. The first kappa shape index (κ1) is 20.3. The van der Waals surface area contributed by atoms with Crippen LogP contribution in [0.15, 0.2) is 30.3 Å². The van der Waals surface area contributed by atoms with Gasteiger partial charge in [-0.25, -0.2) is 0 Å². The molecule has 0 aromatic heterocycles. The van der Waals surface area contributed by atoms with Crippen LogP contribution in [0.25, 0.3) is 0 Å². The SMILES string of the molecule is COCCN(C(=O)C1CCCCN1Cc1ccccc1)C1CCN(C)CC1. The maximum Gasteiger partial charge on any atom is 0.240 e. The van der Waals surface area contributed by atoms with Crippen molar-refractivity contribution in [1.82, 2.24) is 14.7 Å². The fraction of sp³-hybridized carbons (Fsp3) is 0.682. The Morgan fingerprint density at radius 2 is 1.85 bits per heavy atom. The van der Waals surface area contributed by atoms with Gasteiger partial charge in [-0.05, 0) is 57.9 Å². The van der Waals surface area contributed by atoms with E-state index >= 15 is 0 Å². The largest absolute Gasteiger partial charge is 0.383 e. The van der Waals surface area contributed by atoms with Crippen molar-refractivity contribution in [2.24, 2.45) is 0 Å². The molecule has 0 bridgehead atoms. The molecule has 2 aliphatic rings. The molecule has 3 rings (SSSR count). The van der Waals surface area contributed by atoms with Crippen LogP contribution in [-0.4, -0.2) is 79.6 Å². The average molecular weight is 374 g/mol. The number of nitrogens with zero attached hydrogens (tertiary/aromatic N) is 3. The lowest BCUT2D eigenvalue weighted by Gasteiger charge is -2.42. The summed E-state index contributed by atoms with van der Waals surface area (Å²) >= 11 is 0. The van der Waals surface area contributed by atoms with E-state index < -0.39 is 0 Å². The zero-order valence-corrected chi connectivity index (χ0v) is 17.0. The molecular weight excluding hydrogens is 338 g/mol. The summed E-state index contributed by atoms with van der Waals surface area (Å²) in [6.45, 7) is 5.34. The first-order chi connectivity index (χ1) is 13.2. The molecule has 2 aliphatic heterocycles. The van der Waals surface area contributed by atoms with Crippen molar-refractivity contribution in [3.63, 3.8) is 0 Å². The van der Waals surface area contributed by atoms with Gasteiger partial charge in [-0.2, -0.15) is 0 Å². The molecule has 5 nitrogen and oxygen atoms in total. The number of carbonyl (C=O) groups excluding carboxylic acids is 1. The molecule has 2 saturated heterocycles. The second-order valence-electron chi connectivity index (χ2n) is 8.03. The first-order valence-electron chi connectivity index (χ1n) is 10.4. The van der Waals surface area contributed by atoms with Crippen LogP contribution in [0, 0.1) is 0 Å². The smallest absolute Gasteiger partial charge is 0.240 e. The van der Waals surface area contributed by atoms with Crippen LogP contribution < -0.4 is 0 Å². The zero-order valence-electron chi connectivity index (χ0n) is 17.0. The third kappa shape index (κ3) is 5.53. The van der Waals surface area contributed by atoms with E-state index in [9.17, 15) is 4.79 Å². The highest BCUT2D eigenvalue weighted by Gasteiger charge is 2.35. The number of piperidine rings is 2. The molecule has 2 heterocycles. The molecule has 1 atom stereocenters. The van der Waals surface area contributed by atoms with Crippen molar-refractivity contribution in [2.45, 2.75) is 50.7 Å². The van der Waals surface area contributed by atoms with E-state index in [1.165, 1.54) is 12.0 Å². The fourth-order valence-corrected chi connectivity index (χ4v) is 4.44. The summed E-state index contributed by atoms with van der Waals surface area (Å²) in [4.78, 5) is 20.5. The topological polar surface area (TPSA) is 36.0 Å². The quantitative estimate of drug-likeness (QED) is 0.736. The number of rotatable bonds is 7. The third-order valence-electron chi connectivity index (χ3n) is 6.08. The van der Waals surface area contributed by atoms with Crippen LogP contribution in [0.1, 0.15) is 37.7 Å². The minimum absolute atomic E-state index is 0.00969. The third-order valence-corrected chi connectivity index (χ3v) is 6.08. The lowest BCUT2D eigenvalue weighted by Crippen LogP contribution is -2.55. The number of carbonyl (C=O) groups is 1. The molecule has 1 aromatic rings. The predicted octanol–water partition coefficient (Wildman–Crippen LogP) is 2.61. The maximum atomic E-state index is 13.6. The van der Waals surface area contributed by atoms with E-state index in [2.05, 4.69) is 52.1 Å². The highest BCUT2D eigenvalue weighted by Crippen LogP contribution is 2.24. The van der Waals surface area contributed by atoms with Gasteiger partial charge < -0.3 is 14.5 Å². The summed E-state index contributed by atoms with van der Waals surface area (Å²) in [6, 6.07) is 10.9. The summed E-state index contributed by atoms with van der Waals surface area (Å²) in [7, 11) is 3.89. The number of benzene rings is 1. The van der Waals surface area contributed by atoms with Crippen LogP contribution in [-0.2, 0) is 16.1 Å². The maximum absolute atomic E-state index is 13.6. The summed E-state index contributed by atoms with van der Waals surface area (Å²) in [6.07, 6.45) is 5.44. The zero-order chi connectivity index (χ0) is 19.1. The van der Waals surface area contributed by atoms with E-state index in [4.69, 9.17) is 4.74 Å². The van der Waals surface area contributed by atoms with E-state index in [1.54, 1.807) is 7.11 Å². The van der Waals surface area contributed by atoms with Gasteiger partial charge in [-0.1, -0.05) is 36.8 Å². The van der Waals surface area contributed by atoms with Gasteiger partial charge in [0, 0.05) is 26.2 Å². The molecule has 1 aromatic carbocycles. The standard InChI is InChI=1S/C22H35N3O2/c1-23-14-11-20(12-15-23)25(16-17-27-2)22(26)21-10-6-7-13-24(21)18-19-8-4-3-5-9-19/h3-5,8-9,20-21H,6-7,10-18H2,1-2H3. The number of hydrogen-bond acceptors (Lipinski definition) is 4. The van der Waals surface area contributed by atoms with Gasteiger partial charge in [-0.15, -0.1) is 0 Å². The number of likely N-dealkylation sites (tertiary alicyclic amines) is 2. The molecule has 0 saturated carbocycles. The van der Waals surface area contributed by atoms with Crippen molar-refractivity contribution in [2.75, 3.05) is 46.9 Å². The van der Waals surface area contributed by atoms with Crippen molar-refractivity contribution < 1.29 is 9.53 Å². The molecule has 0 radical (unpaired) electrons. The predicted molar refractivity (Wildman–Crippen MR) is 109 cm³/mol. The van der Waals surface area contributed by atoms with Crippen LogP contribution >= 0.6 is 0 Å². The van der Waals surface area contributed by atoms with Crippen molar-refractivity contribution in [3.05, 3.63) is 35.9 Å². The Labute approximate surface area is 164 Å². The lowest BCUT2D eigenvalue weighted by molar-refractivity contribution is -0.142. The molecule has 0 N–H and O–H groups in total. The molecule has 1 amide bonds. The minimum Gasteiger partial charge on any atom is -0.383 e. The Kier molecular flexibility index (Phi) is 7.68. The Bertz CT molecular complexity index is 572. The second-order valence-corrected chi connectivity index (χ2v) is 8.03. The highest BCUT2D eigenvalue weighted by atomic mass is 16.5. The summed E-state index contributed by atoms with van der Waals surface area (Å²) < 4.78 is 5.33. The van der Waals surface area contributed by atoms with Crippen molar-refractivity contribution in [3.8, 4) is 0 Å². The summed E-state index contributed by atoms with van der Waals surface area (Å²) in [5.41, 5.74) is 1.29. The number of ether oxygens (including phenoxy) is 1. The Morgan fingerprint density at radius 3 is 2.56 bits per heavy atom. The van der Waals surface area contributed by atoms with Gasteiger partial charge >= 0.3 is 0 Å². The van der Waals surface area contributed by atoms with Crippen LogP contribution in [0.2, 0.25) is 0 Å². The molecule has 0 spiro atoms. The molecular formula is C22H35N3O2. The van der Waals surface area contributed by atoms with E-state index in [-0.39, 0.29) is 6.04 Å². The monoisotopic (exact) mass is 373 g/mol. The van der Waals surface area contributed by atoms with Gasteiger partial charge in [0.15, 0.2) is 0 Å². The van der Waals surface area contributed by atoms with Crippen molar-refractivity contribution in [1.29, 1.82) is 0 Å². The number of methoxy groups -OCH3 is 1.